The largest absolute Gasteiger partial charge is 0.484 e. The Hall–Kier alpha value is -3.61. The molecule has 7 heteroatoms. The van der Waals surface area contributed by atoms with Crippen molar-refractivity contribution in [2.24, 2.45) is 11.8 Å². The SMILES string of the molecule is CC(C)C(=O)N1CCc2ccc(OCc3nc(C(=O)NCC4CC4)co3)cc2[C@H]1c1ccccc1. The number of nitrogens with zero attached hydrogens (tertiary/aromatic N) is 2. The Morgan fingerprint density at radius 3 is 2.71 bits per heavy atom. The second-order valence-electron chi connectivity index (χ2n) is 9.68. The molecule has 1 fully saturated rings. The summed E-state index contributed by atoms with van der Waals surface area (Å²) in [6.45, 7) is 5.36. The number of hydrogen-bond donors (Lipinski definition) is 1. The first kappa shape index (κ1) is 23.1. The molecule has 1 N–H and O–H groups in total. The second-order valence-corrected chi connectivity index (χ2v) is 9.68. The number of aromatic nitrogens is 1. The van der Waals surface area contributed by atoms with Crippen molar-refractivity contribution in [2.75, 3.05) is 13.1 Å². The van der Waals surface area contributed by atoms with Gasteiger partial charge in [-0.25, -0.2) is 4.98 Å². The minimum Gasteiger partial charge on any atom is -0.484 e. The summed E-state index contributed by atoms with van der Waals surface area (Å²) in [5.41, 5.74) is 3.63. The number of carbonyl (C=O) groups excluding carboxylic acids is 2. The van der Waals surface area contributed by atoms with Gasteiger partial charge in [0.25, 0.3) is 5.91 Å². The van der Waals surface area contributed by atoms with Gasteiger partial charge in [-0.05, 0) is 54.0 Å². The number of amides is 2. The lowest BCUT2D eigenvalue weighted by molar-refractivity contribution is -0.136. The zero-order valence-electron chi connectivity index (χ0n) is 20.2. The van der Waals surface area contributed by atoms with Crippen molar-refractivity contribution in [3.63, 3.8) is 0 Å². The van der Waals surface area contributed by atoms with Crippen molar-refractivity contribution < 1.29 is 18.7 Å². The van der Waals surface area contributed by atoms with Crippen LogP contribution in [0.2, 0.25) is 0 Å². The third-order valence-corrected chi connectivity index (χ3v) is 6.63. The van der Waals surface area contributed by atoms with E-state index in [1.165, 1.54) is 24.7 Å². The summed E-state index contributed by atoms with van der Waals surface area (Å²) in [4.78, 5) is 31.5. The zero-order chi connectivity index (χ0) is 24.4. The molecule has 1 saturated carbocycles. The molecule has 2 aromatic carbocycles. The molecule has 3 aromatic rings. The number of oxazole rings is 1. The molecule has 5 rings (SSSR count). The van der Waals surface area contributed by atoms with E-state index in [0.717, 1.165) is 17.5 Å². The normalized spacial score (nSPS) is 17.2. The van der Waals surface area contributed by atoms with Gasteiger partial charge in [0.15, 0.2) is 12.3 Å². The lowest BCUT2D eigenvalue weighted by atomic mass is 9.87. The van der Waals surface area contributed by atoms with Gasteiger partial charge in [-0.3, -0.25) is 9.59 Å². The lowest BCUT2D eigenvalue weighted by Gasteiger charge is -2.39. The predicted octanol–water partition coefficient (Wildman–Crippen LogP) is 4.52. The molecule has 0 unspecified atom stereocenters. The highest BCUT2D eigenvalue weighted by molar-refractivity contribution is 5.91. The Labute approximate surface area is 205 Å². The van der Waals surface area contributed by atoms with Crippen LogP contribution in [0.15, 0.2) is 59.2 Å². The maximum absolute atomic E-state index is 13.1. The topological polar surface area (TPSA) is 84.7 Å². The molecular weight excluding hydrogens is 442 g/mol. The van der Waals surface area contributed by atoms with Crippen LogP contribution in [0, 0.1) is 11.8 Å². The van der Waals surface area contributed by atoms with Crippen LogP contribution in [0.5, 0.6) is 5.75 Å². The summed E-state index contributed by atoms with van der Waals surface area (Å²) in [6, 6.07) is 16.0. The van der Waals surface area contributed by atoms with Crippen molar-refractivity contribution in [1.82, 2.24) is 15.2 Å². The number of fused-ring (bicyclic) bond motifs is 1. The van der Waals surface area contributed by atoms with Crippen LogP contribution in [-0.4, -0.2) is 34.8 Å². The molecule has 0 bridgehead atoms. The highest BCUT2D eigenvalue weighted by Gasteiger charge is 2.33. The molecule has 182 valence electrons. The first-order valence-corrected chi connectivity index (χ1v) is 12.3. The van der Waals surface area contributed by atoms with Crippen LogP contribution in [0.3, 0.4) is 0 Å². The van der Waals surface area contributed by atoms with E-state index >= 15 is 0 Å². The summed E-state index contributed by atoms with van der Waals surface area (Å²) in [6.07, 6.45) is 4.52. The monoisotopic (exact) mass is 473 g/mol. The predicted molar refractivity (Wildman–Crippen MR) is 131 cm³/mol. The van der Waals surface area contributed by atoms with Crippen molar-refractivity contribution in [2.45, 2.75) is 45.8 Å². The highest BCUT2D eigenvalue weighted by Crippen LogP contribution is 2.38. The molecule has 0 radical (unpaired) electrons. The quantitative estimate of drug-likeness (QED) is 0.520. The van der Waals surface area contributed by atoms with Gasteiger partial charge in [-0.1, -0.05) is 50.2 Å². The van der Waals surface area contributed by atoms with Crippen LogP contribution in [0.1, 0.15) is 65.8 Å². The molecule has 2 aliphatic rings. The fraction of sp³-hybridized carbons (Fsp3) is 0.393. The molecule has 1 atom stereocenters. The molecular formula is C28H31N3O4. The first-order valence-electron chi connectivity index (χ1n) is 12.3. The summed E-state index contributed by atoms with van der Waals surface area (Å²) < 4.78 is 11.5. The van der Waals surface area contributed by atoms with E-state index in [9.17, 15) is 9.59 Å². The number of nitrogens with one attached hydrogen (secondary N) is 1. The Kier molecular flexibility index (Phi) is 6.57. The van der Waals surface area contributed by atoms with Gasteiger partial charge in [-0.15, -0.1) is 0 Å². The van der Waals surface area contributed by atoms with E-state index in [1.807, 2.05) is 49.1 Å². The molecule has 2 amide bonds. The van der Waals surface area contributed by atoms with Gasteiger partial charge < -0.3 is 19.4 Å². The lowest BCUT2D eigenvalue weighted by Crippen LogP contribution is -2.42. The fourth-order valence-electron chi connectivity index (χ4n) is 4.52. The zero-order valence-corrected chi connectivity index (χ0v) is 20.2. The van der Waals surface area contributed by atoms with Crippen LogP contribution in [0.4, 0.5) is 0 Å². The molecule has 2 heterocycles. The van der Waals surface area contributed by atoms with Crippen molar-refractivity contribution >= 4 is 11.8 Å². The van der Waals surface area contributed by atoms with Crippen LogP contribution in [0.25, 0.3) is 0 Å². The van der Waals surface area contributed by atoms with Gasteiger partial charge in [0.1, 0.15) is 12.0 Å². The second kappa shape index (κ2) is 9.94. The van der Waals surface area contributed by atoms with Crippen molar-refractivity contribution in [1.29, 1.82) is 0 Å². The molecule has 1 aliphatic carbocycles. The summed E-state index contributed by atoms with van der Waals surface area (Å²) in [5.74, 6) is 1.45. The van der Waals surface area contributed by atoms with Crippen molar-refractivity contribution in [3.8, 4) is 5.75 Å². The molecule has 1 aliphatic heterocycles. The minimum absolute atomic E-state index is 0.0807. The van der Waals surface area contributed by atoms with Crippen LogP contribution >= 0.6 is 0 Å². The van der Waals surface area contributed by atoms with Gasteiger partial charge >= 0.3 is 0 Å². The van der Waals surface area contributed by atoms with E-state index in [2.05, 4.69) is 28.5 Å². The highest BCUT2D eigenvalue weighted by atomic mass is 16.5. The van der Waals surface area contributed by atoms with Crippen LogP contribution < -0.4 is 10.1 Å². The molecule has 35 heavy (non-hydrogen) atoms. The average Bonchev–Trinajstić information content (AvgIpc) is 3.59. The number of carbonyl (C=O) groups is 2. The Morgan fingerprint density at radius 2 is 1.97 bits per heavy atom. The van der Waals surface area contributed by atoms with E-state index in [0.29, 0.717) is 30.6 Å². The number of hydrogen-bond acceptors (Lipinski definition) is 5. The Balaban J connectivity index is 1.33. The summed E-state index contributed by atoms with van der Waals surface area (Å²) >= 11 is 0. The number of rotatable bonds is 8. The maximum atomic E-state index is 13.1. The summed E-state index contributed by atoms with van der Waals surface area (Å²) in [7, 11) is 0. The molecule has 7 nitrogen and oxygen atoms in total. The number of benzene rings is 2. The molecule has 0 spiro atoms. The third-order valence-electron chi connectivity index (χ3n) is 6.63. The van der Waals surface area contributed by atoms with Crippen molar-refractivity contribution in [3.05, 3.63) is 83.1 Å². The standard InChI is InChI=1S/C28H31N3O4/c1-18(2)28(33)31-13-12-20-10-11-22(14-23(20)26(31)21-6-4-3-5-7-21)34-17-25-30-24(16-35-25)27(32)29-15-19-8-9-19/h3-7,10-11,14,16,18-19,26H,8-9,12-13,15,17H2,1-2H3,(H,29,32)/t26-/m1/s1. The van der Waals surface area contributed by atoms with Gasteiger partial charge in [0.05, 0.1) is 6.04 Å². The minimum atomic E-state index is -0.221. The van der Waals surface area contributed by atoms with E-state index in [1.54, 1.807) is 0 Å². The molecule has 0 saturated heterocycles. The Morgan fingerprint density at radius 1 is 1.17 bits per heavy atom. The maximum Gasteiger partial charge on any atom is 0.273 e. The smallest absolute Gasteiger partial charge is 0.273 e. The summed E-state index contributed by atoms with van der Waals surface area (Å²) in [5, 5.41) is 2.89. The number of ether oxygens (including phenoxy) is 1. The van der Waals surface area contributed by atoms with E-state index < -0.39 is 0 Å². The average molecular weight is 474 g/mol. The van der Waals surface area contributed by atoms with Gasteiger partial charge in [0, 0.05) is 19.0 Å². The van der Waals surface area contributed by atoms with Gasteiger partial charge in [-0.2, -0.15) is 0 Å². The first-order chi connectivity index (χ1) is 17.0. The molecule has 1 aromatic heterocycles. The van der Waals surface area contributed by atoms with E-state index in [-0.39, 0.29) is 36.1 Å². The van der Waals surface area contributed by atoms with Crippen LogP contribution in [-0.2, 0) is 17.8 Å². The Bertz CT molecular complexity index is 1200. The fourth-order valence-corrected chi connectivity index (χ4v) is 4.52. The third kappa shape index (κ3) is 5.24. The van der Waals surface area contributed by atoms with E-state index in [4.69, 9.17) is 9.15 Å². The van der Waals surface area contributed by atoms with Gasteiger partial charge in [0.2, 0.25) is 11.8 Å².